The Labute approximate surface area is 154 Å². The van der Waals surface area contributed by atoms with E-state index in [9.17, 15) is 4.79 Å². The van der Waals surface area contributed by atoms with Gasteiger partial charge in [-0.2, -0.15) is 0 Å². The summed E-state index contributed by atoms with van der Waals surface area (Å²) >= 11 is 0. The van der Waals surface area contributed by atoms with E-state index in [0.717, 1.165) is 29.8 Å². The van der Waals surface area contributed by atoms with Crippen LogP contribution >= 0.6 is 0 Å². The van der Waals surface area contributed by atoms with Crippen LogP contribution in [0.3, 0.4) is 0 Å². The molecule has 1 aliphatic rings. The highest BCUT2D eigenvalue weighted by atomic mass is 16.5. The smallest absolute Gasteiger partial charge is 0.265 e. The molecule has 26 heavy (non-hydrogen) atoms. The van der Waals surface area contributed by atoms with Crippen LogP contribution in [0.4, 0.5) is 5.69 Å². The molecule has 0 fully saturated rings. The summed E-state index contributed by atoms with van der Waals surface area (Å²) in [6.45, 7) is 4.67. The van der Waals surface area contributed by atoms with E-state index < -0.39 is 0 Å². The van der Waals surface area contributed by atoms with Gasteiger partial charge in [-0.3, -0.25) is 4.79 Å². The zero-order valence-corrected chi connectivity index (χ0v) is 15.8. The van der Waals surface area contributed by atoms with E-state index >= 15 is 0 Å². The zero-order chi connectivity index (χ0) is 18.7. The highest BCUT2D eigenvalue weighted by molar-refractivity contribution is 5.97. The molecule has 2 aromatic rings. The normalized spacial score (nSPS) is 13.2. The summed E-state index contributed by atoms with van der Waals surface area (Å²) in [7, 11) is 3.23. The number of hydrogen-bond donors (Lipinski definition) is 0. The lowest BCUT2D eigenvalue weighted by atomic mass is 9.96. The SMILES string of the molecule is COc1cc(C)ccc1OCC(=O)N1CCCc2c(C)ccc(OC)c21. The van der Waals surface area contributed by atoms with E-state index in [-0.39, 0.29) is 12.5 Å². The van der Waals surface area contributed by atoms with Gasteiger partial charge in [0.1, 0.15) is 5.75 Å². The van der Waals surface area contributed by atoms with Crippen molar-refractivity contribution in [2.45, 2.75) is 26.7 Å². The Bertz CT molecular complexity index is 816. The van der Waals surface area contributed by atoms with Gasteiger partial charge in [-0.25, -0.2) is 0 Å². The van der Waals surface area contributed by atoms with Gasteiger partial charge in [-0.15, -0.1) is 0 Å². The van der Waals surface area contributed by atoms with Crippen LogP contribution in [0.15, 0.2) is 30.3 Å². The van der Waals surface area contributed by atoms with Crippen LogP contribution in [0, 0.1) is 13.8 Å². The Kier molecular flexibility index (Phi) is 5.35. The number of methoxy groups -OCH3 is 2. The van der Waals surface area contributed by atoms with E-state index in [4.69, 9.17) is 14.2 Å². The third-order valence-corrected chi connectivity index (χ3v) is 4.75. The Morgan fingerprint density at radius 3 is 2.50 bits per heavy atom. The minimum Gasteiger partial charge on any atom is -0.495 e. The van der Waals surface area contributed by atoms with Gasteiger partial charge >= 0.3 is 0 Å². The lowest BCUT2D eigenvalue weighted by Gasteiger charge is -2.32. The first-order valence-corrected chi connectivity index (χ1v) is 8.79. The lowest BCUT2D eigenvalue weighted by Crippen LogP contribution is -2.39. The lowest BCUT2D eigenvalue weighted by molar-refractivity contribution is -0.120. The number of nitrogens with zero attached hydrogens (tertiary/aromatic N) is 1. The number of fused-ring (bicyclic) bond motifs is 1. The second kappa shape index (κ2) is 7.68. The third-order valence-electron chi connectivity index (χ3n) is 4.75. The Hall–Kier alpha value is -2.69. The molecule has 2 aromatic carbocycles. The molecule has 0 atom stereocenters. The first-order chi connectivity index (χ1) is 12.5. The number of benzene rings is 2. The fraction of sp³-hybridized carbons (Fsp3) is 0.381. The van der Waals surface area contributed by atoms with Gasteiger partial charge in [-0.1, -0.05) is 12.1 Å². The molecule has 5 nitrogen and oxygen atoms in total. The van der Waals surface area contributed by atoms with Gasteiger partial charge < -0.3 is 19.1 Å². The van der Waals surface area contributed by atoms with Gasteiger partial charge in [0.25, 0.3) is 5.91 Å². The van der Waals surface area contributed by atoms with E-state index in [1.54, 1.807) is 19.1 Å². The van der Waals surface area contributed by atoms with Gasteiger partial charge in [0, 0.05) is 6.54 Å². The van der Waals surface area contributed by atoms with Crippen molar-refractivity contribution in [3.8, 4) is 17.2 Å². The van der Waals surface area contributed by atoms with Crippen LogP contribution in [0.2, 0.25) is 0 Å². The van der Waals surface area contributed by atoms with E-state index in [2.05, 4.69) is 6.92 Å². The third kappa shape index (κ3) is 3.47. The first-order valence-electron chi connectivity index (χ1n) is 8.79. The minimum atomic E-state index is -0.0857. The quantitative estimate of drug-likeness (QED) is 0.821. The van der Waals surface area contributed by atoms with Gasteiger partial charge in [0.2, 0.25) is 0 Å². The van der Waals surface area contributed by atoms with E-state index in [1.807, 2.05) is 37.3 Å². The largest absolute Gasteiger partial charge is 0.495 e. The summed E-state index contributed by atoms with van der Waals surface area (Å²) in [5, 5.41) is 0. The van der Waals surface area contributed by atoms with Crippen molar-refractivity contribution in [2.24, 2.45) is 0 Å². The van der Waals surface area contributed by atoms with Crippen LogP contribution in [0.25, 0.3) is 0 Å². The Morgan fingerprint density at radius 1 is 1.04 bits per heavy atom. The predicted octanol–water partition coefficient (Wildman–Crippen LogP) is 3.68. The van der Waals surface area contributed by atoms with Crippen LogP contribution < -0.4 is 19.1 Å². The van der Waals surface area contributed by atoms with Crippen molar-refractivity contribution in [3.05, 3.63) is 47.0 Å². The van der Waals surface area contributed by atoms with Crippen LogP contribution in [-0.2, 0) is 11.2 Å². The molecule has 0 N–H and O–H groups in total. The molecule has 0 unspecified atom stereocenters. The number of hydrogen-bond acceptors (Lipinski definition) is 4. The maximum Gasteiger partial charge on any atom is 0.265 e. The molecule has 0 aliphatic carbocycles. The highest BCUT2D eigenvalue weighted by Gasteiger charge is 2.27. The molecule has 1 aliphatic heterocycles. The van der Waals surface area contributed by atoms with E-state index in [1.165, 1.54) is 11.1 Å². The van der Waals surface area contributed by atoms with Gasteiger partial charge in [-0.05, 0) is 61.6 Å². The fourth-order valence-electron chi connectivity index (χ4n) is 3.38. The number of rotatable bonds is 5. The maximum atomic E-state index is 12.9. The molecule has 3 rings (SSSR count). The molecule has 0 spiro atoms. The molecule has 0 bridgehead atoms. The van der Waals surface area contributed by atoms with Crippen molar-refractivity contribution in [3.63, 3.8) is 0 Å². The maximum absolute atomic E-state index is 12.9. The summed E-state index contributed by atoms with van der Waals surface area (Å²) in [4.78, 5) is 14.7. The molecule has 138 valence electrons. The Morgan fingerprint density at radius 2 is 1.77 bits per heavy atom. The monoisotopic (exact) mass is 355 g/mol. The topological polar surface area (TPSA) is 48.0 Å². The van der Waals surface area contributed by atoms with Crippen molar-refractivity contribution >= 4 is 11.6 Å². The molecule has 0 saturated heterocycles. The molecule has 0 aromatic heterocycles. The number of aryl methyl sites for hydroxylation is 2. The van der Waals surface area contributed by atoms with Crippen molar-refractivity contribution < 1.29 is 19.0 Å². The van der Waals surface area contributed by atoms with Crippen LogP contribution in [-0.4, -0.2) is 33.3 Å². The second-order valence-electron chi connectivity index (χ2n) is 6.50. The summed E-state index contributed by atoms with van der Waals surface area (Å²) in [6, 6.07) is 9.62. The van der Waals surface area contributed by atoms with Crippen LogP contribution in [0.5, 0.6) is 17.2 Å². The number of ether oxygens (including phenoxy) is 3. The predicted molar refractivity (Wildman–Crippen MR) is 102 cm³/mol. The molecule has 5 heteroatoms. The number of carbonyl (C=O) groups excluding carboxylic acids is 1. The molecular weight excluding hydrogens is 330 g/mol. The number of carbonyl (C=O) groups is 1. The molecular formula is C21H25NO4. The minimum absolute atomic E-state index is 0.0457. The number of anilines is 1. The summed E-state index contributed by atoms with van der Waals surface area (Å²) in [5.41, 5.74) is 4.31. The van der Waals surface area contributed by atoms with Gasteiger partial charge in [0.15, 0.2) is 18.1 Å². The average molecular weight is 355 g/mol. The zero-order valence-electron chi connectivity index (χ0n) is 15.8. The van der Waals surface area contributed by atoms with Crippen LogP contribution in [0.1, 0.15) is 23.1 Å². The summed E-state index contributed by atoms with van der Waals surface area (Å²) < 4.78 is 16.6. The summed E-state index contributed by atoms with van der Waals surface area (Å²) in [6.07, 6.45) is 1.88. The fourth-order valence-corrected chi connectivity index (χ4v) is 3.38. The van der Waals surface area contributed by atoms with E-state index in [0.29, 0.717) is 18.0 Å². The molecule has 1 heterocycles. The number of amides is 1. The summed E-state index contributed by atoms with van der Waals surface area (Å²) in [5.74, 6) is 1.84. The standard InChI is InChI=1S/C21H25NO4/c1-14-7-9-17(19(12-14)25-4)26-13-20(23)22-11-5-6-16-15(2)8-10-18(24-3)21(16)22/h7-10,12H,5-6,11,13H2,1-4H3. The Balaban J connectivity index is 1.81. The molecule has 0 saturated carbocycles. The van der Waals surface area contributed by atoms with Crippen molar-refractivity contribution in [1.82, 2.24) is 0 Å². The average Bonchev–Trinajstić information content (AvgIpc) is 2.66. The van der Waals surface area contributed by atoms with Gasteiger partial charge in [0.05, 0.1) is 19.9 Å². The second-order valence-corrected chi connectivity index (χ2v) is 6.50. The first kappa shape index (κ1) is 18.1. The van der Waals surface area contributed by atoms with Crippen molar-refractivity contribution in [1.29, 1.82) is 0 Å². The molecule has 0 radical (unpaired) electrons. The van der Waals surface area contributed by atoms with Crippen molar-refractivity contribution in [2.75, 3.05) is 32.3 Å². The highest BCUT2D eigenvalue weighted by Crippen LogP contribution is 2.38. The molecule has 1 amide bonds.